The lowest BCUT2D eigenvalue weighted by Crippen LogP contribution is -2.34. The maximum absolute atomic E-state index is 12.2. The van der Waals surface area contributed by atoms with Gasteiger partial charge >= 0.3 is 5.69 Å². The summed E-state index contributed by atoms with van der Waals surface area (Å²) in [7, 11) is -17.6. The Hall–Kier alpha value is -1.96. The van der Waals surface area contributed by atoms with Crippen molar-refractivity contribution >= 4 is 29.4 Å². The number of ether oxygens (including phenoxy) is 1. The van der Waals surface area contributed by atoms with Crippen LogP contribution in [-0.4, -0.2) is 46.2 Å². The van der Waals surface area contributed by atoms with E-state index in [4.69, 9.17) is 15.4 Å². The first kappa shape index (κ1) is 31.3. The van der Waals surface area contributed by atoms with Crippen molar-refractivity contribution in [2.24, 2.45) is 5.73 Å². The summed E-state index contributed by atoms with van der Waals surface area (Å²) in [5.74, 6) is 4.80. The van der Waals surface area contributed by atoms with E-state index in [1.165, 1.54) is 0 Å². The second-order valence-corrected chi connectivity index (χ2v) is 11.6. The van der Waals surface area contributed by atoms with Crippen LogP contribution < -0.4 is 37.0 Å². The predicted octanol–water partition coefficient (Wildman–Crippen LogP) is -3.13. The molecule has 1 saturated heterocycles. The van der Waals surface area contributed by atoms with Gasteiger partial charge < -0.3 is 39.9 Å². The Kier molecular flexibility index (Phi) is 11.2. The molecule has 0 bridgehead atoms. The molecule has 37 heavy (non-hydrogen) atoms. The summed E-state index contributed by atoms with van der Waals surface area (Å²) in [6.07, 6.45) is 0.0981. The van der Waals surface area contributed by atoms with Gasteiger partial charge in [-0.2, -0.15) is 0 Å². The van der Waals surface area contributed by atoms with Crippen molar-refractivity contribution in [3.8, 4) is 11.8 Å². The van der Waals surface area contributed by atoms with E-state index in [0.29, 0.717) is 13.0 Å². The lowest BCUT2D eigenvalue weighted by molar-refractivity contribution is -0.250. The molecule has 208 valence electrons. The molecule has 3 unspecified atom stereocenters. The Labute approximate surface area is 208 Å². The number of phosphoric ester groups is 1. The quantitative estimate of drug-likeness (QED) is 0.139. The Bertz CT molecular complexity index is 1290. The molecule has 2 heterocycles. The van der Waals surface area contributed by atoms with Crippen LogP contribution in [0.15, 0.2) is 15.8 Å². The van der Waals surface area contributed by atoms with Gasteiger partial charge in [0.1, 0.15) is 11.8 Å². The maximum atomic E-state index is 12.2. The smallest absolute Gasteiger partial charge is 0.330 e. The van der Waals surface area contributed by atoms with Crippen molar-refractivity contribution in [1.29, 1.82) is 0 Å². The first-order valence-electron chi connectivity index (χ1n) is 10.3. The minimum absolute atomic E-state index is 0.0648. The van der Waals surface area contributed by atoms with Gasteiger partial charge in [-0.1, -0.05) is 11.8 Å². The number of nitrogens with zero attached hydrogens (tertiary/aromatic N) is 1. The Morgan fingerprint density at radius 3 is 2.59 bits per heavy atom. The van der Waals surface area contributed by atoms with Gasteiger partial charge in [-0.25, -0.2) is 13.4 Å². The van der Waals surface area contributed by atoms with Crippen LogP contribution in [0.1, 0.15) is 37.5 Å². The molecular formula is C16H22N4O14P3-3. The third-order valence-electron chi connectivity index (χ3n) is 4.39. The first-order valence-corrected chi connectivity index (χ1v) is 14.7. The fourth-order valence-electron chi connectivity index (χ4n) is 2.90. The van der Waals surface area contributed by atoms with Gasteiger partial charge in [0.05, 0.1) is 19.3 Å². The Morgan fingerprint density at radius 2 is 1.95 bits per heavy atom. The summed E-state index contributed by atoms with van der Waals surface area (Å²) < 4.78 is 50.9. The van der Waals surface area contributed by atoms with Gasteiger partial charge in [0.2, 0.25) is 5.91 Å². The zero-order valence-corrected chi connectivity index (χ0v) is 21.5. The predicted molar refractivity (Wildman–Crippen MR) is 116 cm³/mol. The van der Waals surface area contributed by atoms with Gasteiger partial charge in [-0.15, -0.1) is 0 Å². The van der Waals surface area contributed by atoms with Crippen molar-refractivity contribution in [2.45, 2.75) is 38.0 Å². The van der Waals surface area contributed by atoms with Crippen molar-refractivity contribution in [3.05, 3.63) is 32.6 Å². The Balaban J connectivity index is 1.99. The number of aromatic nitrogens is 2. The topological polar surface area (TPSA) is 288 Å². The molecule has 5 N–H and O–H groups in total. The third-order valence-corrected chi connectivity index (χ3v) is 8.08. The summed E-state index contributed by atoms with van der Waals surface area (Å²) in [6, 6.07) is 0. The van der Waals surface area contributed by atoms with Crippen molar-refractivity contribution < 1.29 is 55.9 Å². The number of nitrogens with two attached hydrogens (primary N) is 1. The normalized spacial score (nSPS) is 22.2. The molecule has 5 atom stereocenters. The number of hydrogen-bond donors (Lipinski definition) is 4. The second kappa shape index (κ2) is 13.2. The van der Waals surface area contributed by atoms with Crippen LogP contribution in [-0.2, 0) is 36.4 Å². The standard InChI is InChI=1S/C16H25N4O14P3/c17-7-1-4-13(21)18-8-2-3-11-9-20(16(23)19-15(11)22)14-6-5-12(32-14)10-31-36(27,28)34-37(29,30)33-35(24,25)26/h9,12,14H,1,4-8,10,17H2,(H,18,21)(H,27,28)(H,29,30)(H,19,22,23)(H2,24,25,26)/p-3/t12-,14+/m0/s1. The minimum Gasteiger partial charge on any atom is -0.756 e. The van der Waals surface area contributed by atoms with Gasteiger partial charge in [-0.3, -0.25) is 32.8 Å². The maximum Gasteiger partial charge on any atom is 0.330 e. The van der Waals surface area contributed by atoms with Crippen LogP contribution in [0.5, 0.6) is 0 Å². The second-order valence-electron chi connectivity index (χ2n) is 7.29. The molecule has 1 amide bonds. The van der Waals surface area contributed by atoms with E-state index in [1.807, 2.05) is 0 Å². The molecule has 18 nitrogen and oxygen atoms in total. The van der Waals surface area contributed by atoms with Crippen molar-refractivity contribution in [3.63, 3.8) is 0 Å². The molecule has 0 aromatic carbocycles. The van der Waals surface area contributed by atoms with Crippen LogP contribution in [0.4, 0.5) is 0 Å². The number of phosphoric acid groups is 3. The van der Waals surface area contributed by atoms with Crippen LogP contribution >= 0.6 is 23.5 Å². The largest absolute Gasteiger partial charge is 0.756 e. The average Bonchev–Trinajstić information content (AvgIpc) is 3.21. The van der Waals surface area contributed by atoms with Gasteiger partial charge in [0.25, 0.3) is 29.0 Å². The lowest BCUT2D eigenvalue weighted by Gasteiger charge is -2.32. The zero-order valence-electron chi connectivity index (χ0n) is 18.8. The summed E-state index contributed by atoms with van der Waals surface area (Å²) in [4.78, 5) is 79.5. The SMILES string of the molecule is NCCCC(=O)NCC#Cc1cn([C@H]2CC[C@@H](COP(=O)([O-])OP(=O)([O-])OP(=O)([O-])O)O2)c(=O)[nH]c1=O. The fourth-order valence-corrected chi connectivity index (χ4v) is 5.81. The molecule has 0 spiro atoms. The average molecular weight is 587 g/mol. The van der Waals surface area contributed by atoms with Crippen LogP contribution in [0.25, 0.3) is 0 Å². The van der Waals surface area contributed by atoms with Gasteiger partial charge in [0.15, 0.2) is 0 Å². The summed E-state index contributed by atoms with van der Waals surface area (Å²) >= 11 is 0. The molecule has 1 aromatic heterocycles. The van der Waals surface area contributed by atoms with Crippen LogP contribution in [0, 0.1) is 11.8 Å². The molecule has 0 saturated carbocycles. The van der Waals surface area contributed by atoms with Crippen LogP contribution in [0.3, 0.4) is 0 Å². The van der Waals surface area contributed by atoms with E-state index in [9.17, 15) is 42.8 Å². The third kappa shape index (κ3) is 11.1. The highest BCUT2D eigenvalue weighted by Gasteiger charge is 2.30. The number of rotatable bonds is 12. The monoisotopic (exact) mass is 587 g/mol. The van der Waals surface area contributed by atoms with E-state index in [-0.39, 0.29) is 37.3 Å². The number of aromatic amines is 1. The highest BCUT2D eigenvalue weighted by molar-refractivity contribution is 7.65. The zero-order chi connectivity index (χ0) is 27.9. The highest BCUT2D eigenvalue weighted by Crippen LogP contribution is 2.61. The Morgan fingerprint density at radius 1 is 1.24 bits per heavy atom. The molecule has 0 radical (unpaired) electrons. The molecule has 21 heteroatoms. The van der Waals surface area contributed by atoms with Crippen molar-refractivity contribution in [2.75, 3.05) is 19.7 Å². The molecule has 1 aliphatic heterocycles. The molecule has 0 aliphatic carbocycles. The number of carbonyl (C=O) groups excluding carboxylic acids is 1. The van der Waals surface area contributed by atoms with Crippen molar-refractivity contribution in [1.82, 2.24) is 14.9 Å². The number of hydrogen-bond acceptors (Lipinski definition) is 14. The van der Waals surface area contributed by atoms with E-state index in [1.54, 1.807) is 0 Å². The van der Waals surface area contributed by atoms with Crippen LogP contribution in [0.2, 0.25) is 0 Å². The lowest BCUT2D eigenvalue weighted by atomic mass is 10.2. The summed E-state index contributed by atoms with van der Waals surface area (Å²) in [6.45, 7) is -0.505. The molecule has 1 fully saturated rings. The number of nitrogens with one attached hydrogen (secondary N) is 2. The molecule has 1 aromatic rings. The molecule has 1 aliphatic rings. The molecule has 2 rings (SSSR count). The number of H-pyrrole nitrogens is 1. The summed E-state index contributed by atoms with van der Waals surface area (Å²) in [5.41, 5.74) is 3.54. The summed E-state index contributed by atoms with van der Waals surface area (Å²) in [5, 5.41) is 2.51. The minimum atomic E-state index is -6.03. The van der Waals surface area contributed by atoms with E-state index < -0.39 is 53.7 Å². The highest BCUT2D eigenvalue weighted by atomic mass is 31.3. The molecular weight excluding hydrogens is 565 g/mol. The van der Waals surface area contributed by atoms with E-state index >= 15 is 0 Å². The van der Waals surface area contributed by atoms with E-state index in [2.05, 4.69) is 35.3 Å². The van der Waals surface area contributed by atoms with Gasteiger partial charge in [-0.05, 0) is 25.8 Å². The van der Waals surface area contributed by atoms with Gasteiger partial charge in [0, 0.05) is 12.6 Å². The first-order chi connectivity index (χ1) is 17.1. The fraction of sp³-hybridized carbons (Fsp3) is 0.562. The number of carbonyl (C=O) groups is 1. The van der Waals surface area contributed by atoms with E-state index in [0.717, 1.165) is 10.8 Å². The number of amides is 1.